The largest absolute Gasteiger partial charge is 0.299 e. The van der Waals surface area contributed by atoms with Crippen molar-refractivity contribution >= 4 is 29.1 Å². The average Bonchev–Trinajstić information content (AvgIpc) is 2.85. The van der Waals surface area contributed by atoms with Crippen molar-refractivity contribution in [3.05, 3.63) is 64.7 Å². The van der Waals surface area contributed by atoms with E-state index in [9.17, 15) is 4.79 Å². The van der Waals surface area contributed by atoms with Crippen molar-refractivity contribution in [2.24, 2.45) is 0 Å². The SMILES string of the molecule is O=C(Cc1ccccc1Cl)C1CSc2ccccc21. The zero-order chi connectivity index (χ0) is 13.2. The maximum atomic E-state index is 12.5. The molecule has 0 fully saturated rings. The van der Waals surface area contributed by atoms with Crippen LogP contribution in [0.5, 0.6) is 0 Å². The lowest BCUT2D eigenvalue weighted by Gasteiger charge is -2.10. The molecule has 0 aliphatic carbocycles. The summed E-state index contributed by atoms with van der Waals surface area (Å²) in [4.78, 5) is 13.7. The summed E-state index contributed by atoms with van der Waals surface area (Å²) in [6.07, 6.45) is 0.416. The predicted octanol–water partition coefficient (Wildman–Crippen LogP) is 4.34. The van der Waals surface area contributed by atoms with E-state index in [0.29, 0.717) is 11.4 Å². The first-order valence-electron chi connectivity index (χ1n) is 6.23. The van der Waals surface area contributed by atoms with E-state index in [1.807, 2.05) is 36.4 Å². The van der Waals surface area contributed by atoms with Gasteiger partial charge in [0.25, 0.3) is 0 Å². The normalized spacial score (nSPS) is 17.2. The highest BCUT2D eigenvalue weighted by Crippen LogP contribution is 2.40. The molecule has 0 saturated carbocycles. The fourth-order valence-corrected chi connectivity index (χ4v) is 3.85. The lowest BCUT2D eigenvalue weighted by molar-refractivity contribution is -0.119. The Labute approximate surface area is 122 Å². The summed E-state index contributed by atoms with van der Waals surface area (Å²) >= 11 is 7.88. The number of fused-ring (bicyclic) bond motifs is 1. The fraction of sp³-hybridized carbons (Fsp3) is 0.188. The second-order valence-corrected chi connectivity index (χ2v) is 6.10. The molecule has 19 heavy (non-hydrogen) atoms. The molecule has 0 saturated heterocycles. The number of benzene rings is 2. The van der Waals surface area contributed by atoms with E-state index in [4.69, 9.17) is 11.6 Å². The molecule has 2 aromatic rings. The zero-order valence-corrected chi connectivity index (χ0v) is 11.9. The molecule has 3 heteroatoms. The van der Waals surface area contributed by atoms with Crippen LogP contribution in [0.15, 0.2) is 53.4 Å². The number of thioether (sulfide) groups is 1. The van der Waals surface area contributed by atoms with Gasteiger partial charge in [0, 0.05) is 22.1 Å². The first-order valence-corrected chi connectivity index (χ1v) is 7.60. The number of carbonyl (C=O) groups is 1. The lowest BCUT2D eigenvalue weighted by atomic mass is 9.93. The maximum absolute atomic E-state index is 12.5. The molecule has 1 atom stereocenters. The highest BCUT2D eigenvalue weighted by Gasteiger charge is 2.28. The molecule has 0 N–H and O–H groups in total. The molecule has 0 amide bonds. The van der Waals surface area contributed by atoms with Crippen molar-refractivity contribution in [3.8, 4) is 0 Å². The van der Waals surface area contributed by atoms with E-state index in [1.165, 1.54) is 10.5 Å². The van der Waals surface area contributed by atoms with Gasteiger partial charge in [-0.1, -0.05) is 48.0 Å². The average molecular weight is 289 g/mol. The molecule has 0 aromatic heterocycles. The minimum absolute atomic E-state index is 0.0115. The van der Waals surface area contributed by atoms with Gasteiger partial charge in [0.2, 0.25) is 0 Å². The van der Waals surface area contributed by atoms with E-state index >= 15 is 0 Å². The van der Waals surface area contributed by atoms with Gasteiger partial charge in [-0.15, -0.1) is 11.8 Å². The third-order valence-electron chi connectivity index (χ3n) is 3.41. The number of hydrogen-bond donors (Lipinski definition) is 0. The van der Waals surface area contributed by atoms with Crippen molar-refractivity contribution in [2.75, 3.05) is 5.75 Å². The van der Waals surface area contributed by atoms with Crippen LogP contribution in [0.25, 0.3) is 0 Å². The Bertz CT molecular complexity index is 624. The van der Waals surface area contributed by atoms with Gasteiger partial charge in [-0.25, -0.2) is 0 Å². The summed E-state index contributed by atoms with van der Waals surface area (Å²) in [5.41, 5.74) is 2.09. The van der Waals surface area contributed by atoms with Gasteiger partial charge >= 0.3 is 0 Å². The number of Topliss-reactive ketones (excluding diaryl/α,β-unsaturated/α-hetero) is 1. The molecule has 3 rings (SSSR count). The summed E-state index contributed by atoms with van der Waals surface area (Å²) in [5.74, 6) is 1.12. The quantitative estimate of drug-likeness (QED) is 0.836. The van der Waals surface area contributed by atoms with E-state index < -0.39 is 0 Å². The number of carbonyl (C=O) groups excluding carboxylic acids is 1. The number of hydrogen-bond acceptors (Lipinski definition) is 2. The smallest absolute Gasteiger partial charge is 0.145 e. The fourth-order valence-electron chi connectivity index (χ4n) is 2.38. The van der Waals surface area contributed by atoms with Crippen LogP contribution in [0, 0.1) is 0 Å². The van der Waals surface area contributed by atoms with Crippen molar-refractivity contribution in [1.82, 2.24) is 0 Å². The Morgan fingerprint density at radius 3 is 2.74 bits per heavy atom. The molecule has 1 aliphatic heterocycles. The van der Waals surface area contributed by atoms with Gasteiger partial charge in [-0.3, -0.25) is 4.79 Å². The van der Waals surface area contributed by atoms with Crippen LogP contribution in [0.4, 0.5) is 0 Å². The standard InChI is InChI=1S/C16H13ClOS/c17-14-7-3-1-5-11(14)9-15(18)13-10-19-16-8-4-2-6-12(13)16/h1-8,13H,9-10H2. The van der Waals surface area contributed by atoms with Crippen LogP contribution in [0.2, 0.25) is 5.02 Å². The van der Waals surface area contributed by atoms with Crippen molar-refractivity contribution in [2.45, 2.75) is 17.2 Å². The van der Waals surface area contributed by atoms with E-state index in [0.717, 1.165) is 11.3 Å². The van der Waals surface area contributed by atoms with E-state index in [-0.39, 0.29) is 11.7 Å². The molecule has 1 unspecified atom stereocenters. The summed E-state index contributed by atoms with van der Waals surface area (Å²) in [6, 6.07) is 15.7. The number of rotatable bonds is 3. The van der Waals surface area contributed by atoms with Gasteiger partial charge in [-0.05, 0) is 23.3 Å². The van der Waals surface area contributed by atoms with Crippen LogP contribution in [0.1, 0.15) is 17.0 Å². The highest BCUT2D eigenvalue weighted by molar-refractivity contribution is 7.99. The molecule has 0 radical (unpaired) electrons. The third-order valence-corrected chi connectivity index (χ3v) is 4.96. The predicted molar refractivity (Wildman–Crippen MR) is 80.1 cm³/mol. The molecular formula is C16H13ClOS. The highest BCUT2D eigenvalue weighted by atomic mass is 35.5. The van der Waals surface area contributed by atoms with Gasteiger partial charge in [-0.2, -0.15) is 0 Å². The van der Waals surface area contributed by atoms with Crippen LogP contribution < -0.4 is 0 Å². The molecule has 1 aliphatic rings. The zero-order valence-electron chi connectivity index (χ0n) is 10.3. The van der Waals surface area contributed by atoms with Crippen molar-refractivity contribution in [3.63, 3.8) is 0 Å². The molecule has 2 aromatic carbocycles. The Kier molecular flexibility index (Phi) is 3.63. The van der Waals surface area contributed by atoms with E-state index in [1.54, 1.807) is 11.8 Å². The van der Waals surface area contributed by atoms with Gasteiger partial charge in [0.05, 0.1) is 5.92 Å². The summed E-state index contributed by atoms with van der Waals surface area (Å²) in [5, 5.41) is 0.676. The first kappa shape index (κ1) is 12.8. The Morgan fingerprint density at radius 1 is 1.16 bits per heavy atom. The third kappa shape index (κ3) is 2.56. The topological polar surface area (TPSA) is 17.1 Å². The molecular weight excluding hydrogens is 276 g/mol. The summed E-state index contributed by atoms with van der Waals surface area (Å²) in [7, 11) is 0. The Morgan fingerprint density at radius 2 is 1.89 bits per heavy atom. The first-order chi connectivity index (χ1) is 9.25. The van der Waals surface area contributed by atoms with Crippen molar-refractivity contribution in [1.29, 1.82) is 0 Å². The molecule has 96 valence electrons. The maximum Gasteiger partial charge on any atom is 0.145 e. The van der Waals surface area contributed by atoms with Gasteiger partial charge < -0.3 is 0 Å². The molecule has 0 bridgehead atoms. The van der Waals surface area contributed by atoms with Crippen LogP contribution in [0.3, 0.4) is 0 Å². The second kappa shape index (κ2) is 5.40. The van der Waals surface area contributed by atoms with Crippen LogP contribution in [-0.4, -0.2) is 11.5 Å². The lowest BCUT2D eigenvalue weighted by Crippen LogP contribution is -2.14. The summed E-state index contributed by atoms with van der Waals surface area (Å²) in [6.45, 7) is 0. The van der Waals surface area contributed by atoms with E-state index in [2.05, 4.69) is 12.1 Å². The van der Waals surface area contributed by atoms with Crippen molar-refractivity contribution < 1.29 is 4.79 Å². The number of halogens is 1. The van der Waals surface area contributed by atoms with Crippen LogP contribution >= 0.6 is 23.4 Å². The number of ketones is 1. The Balaban J connectivity index is 1.81. The summed E-state index contributed by atoms with van der Waals surface area (Å²) < 4.78 is 0. The minimum atomic E-state index is 0.0115. The van der Waals surface area contributed by atoms with Gasteiger partial charge in [0.15, 0.2) is 0 Å². The van der Waals surface area contributed by atoms with Crippen LogP contribution in [-0.2, 0) is 11.2 Å². The molecule has 1 heterocycles. The second-order valence-electron chi connectivity index (χ2n) is 4.64. The molecule has 1 nitrogen and oxygen atoms in total. The Hall–Kier alpha value is -1.25. The monoisotopic (exact) mass is 288 g/mol. The van der Waals surface area contributed by atoms with Gasteiger partial charge in [0.1, 0.15) is 5.78 Å². The molecule has 0 spiro atoms. The minimum Gasteiger partial charge on any atom is -0.299 e.